The smallest absolute Gasteiger partial charge is 0.314 e. The van der Waals surface area contributed by atoms with E-state index in [1.54, 1.807) is 0 Å². The van der Waals surface area contributed by atoms with Crippen molar-refractivity contribution in [2.24, 2.45) is 0 Å². The predicted molar refractivity (Wildman–Crippen MR) is 77.1 cm³/mol. The first-order chi connectivity index (χ1) is 9.79. The second kappa shape index (κ2) is 7.75. The molecule has 1 heterocycles. The second-order valence-electron chi connectivity index (χ2n) is 4.74. The third kappa shape index (κ3) is 4.42. The van der Waals surface area contributed by atoms with Gasteiger partial charge in [-0.1, -0.05) is 18.2 Å². The van der Waals surface area contributed by atoms with Crippen molar-refractivity contribution < 1.29 is 14.3 Å². The fourth-order valence-electron chi connectivity index (χ4n) is 2.16. The van der Waals surface area contributed by atoms with Gasteiger partial charge in [0.25, 0.3) is 0 Å². The molecule has 110 valence electrons. The summed E-state index contributed by atoms with van der Waals surface area (Å²) in [6.45, 7) is 4.49. The minimum Gasteiger partial charge on any atom is -0.488 e. The van der Waals surface area contributed by atoms with Crippen LogP contribution in [0.5, 0.6) is 5.75 Å². The highest BCUT2D eigenvalue weighted by atomic mass is 16.5. The summed E-state index contributed by atoms with van der Waals surface area (Å²) in [7, 11) is 0. The SMILES string of the molecule is CCOCCCNC(=O)NCC1Cc2ccccc2O1. The molecule has 0 bridgehead atoms. The van der Waals surface area contributed by atoms with E-state index >= 15 is 0 Å². The summed E-state index contributed by atoms with van der Waals surface area (Å²) in [5, 5.41) is 5.64. The molecule has 0 spiro atoms. The van der Waals surface area contributed by atoms with Crippen molar-refractivity contribution in [1.29, 1.82) is 0 Å². The zero-order valence-corrected chi connectivity index (χ0v) is 11.9. The lowest BCUT2D eigenvalue weighted by Crippen LogP contribution is -2.41. The summed E-state index contributed by atoms with van der Waals surface area (Å²) < 4.78 is 11.0. The third-order valence-corrected chi connectivity index (χ3v) is 3.16. The lowest BCUT2D eigenvalue weighted by Gasteiger charge is -2.12. The molecule has 20 heavy (non-hydrogen) atoms. The van der Waals surface area contributed by atoms with Crippen molar-refractivity contribution in [3.05, 3.63) is 29.8 Å². The Kier molecular flexibility index (Phi) is 5.68. The number of urea groups is 1. The highest BCUT2D eigenvalue weighted by molar-refractivity contribution is 5.73. The van der Waals surface area contributed by atoms with Crippen LogP contribution in [0.25, 0.3) is 0 Å². The summed E-state index contributed by atoms with van der Waals surface area (Å²) in [5.41, 5.74) is 1.21. The molecule has 1 aromatic rings. The van der Waals surface area contributed by atoms with Crippen molar-refractivity contribution in [2.45, 2.75) is 25.9 Å². The maximum absolute atomic E-state index is 11.6. The highest BCUT2D eigenvalue weighted by Crippen LogP contribution is 2.27. The van der Waals surface area contributed by atoms with E-state index < -0.39 is 0 Å². The standard InChI is InChI=1S/C15H22N2O3/c1-2-19-9-5-8-16-15(18)17-11-13-10-12-6-3-4-7-14(12)20-13/h3-4,6-7,13H,2,5,8-11H2,1H3,(H2,16,17,18). The first-order valence-corrected chi connectivity index (χ1v) is 7.13. The third-order valence-electron chi connectivity index (χ3n) is 3.16. The molecule has 2 rings (SSSR count). The van der Waals surface area contributed by atoms with Crippen LogP contribution >= 0.6 is 0 Å². The molecule has 1 atom stereocenters. The van der Waals surface area contributed by atoms with E-state index in [4.69, 9.17) is 9.47 Å². The lowest BCUT2D eigenvalue weighted by molar-refractivity contribution is 0.145. The molecular weight excluding hydrogens is 256 g/mol. The average Bonchev–Trinajstić information content (AvgIpc) is 2.88. The van der Waals surface area contributed by atoms with Gasteiger partial charge in [-0.15, -0.1) is 0 Å². The molecule has 0 saturated carbocycles. The fourth-order valence-corrected chi connectivity index (χ4v) is 2.16. The molecule has 0 fully saturated rings. The Morgan fingerprint density at radius 1 is 1.40 bits per heavy atom. The number of fused-ring (bicyclic) bond motifs is 1. The van der Waals surface area contributed by atoms with Crippen LogP contribution in [0.2, 0.25) is 0 Å². The van der Waals surface area contributed by atoms with Gasteiger partial charge in [-0.05, 0) is 25.0 Å². The van der Waals surface area contributed by atoms with E-state index in [-0.39, 0.29) is 12.1 Å². The van der Waals surface area contributed by atoms with E-state index in [0.717, 1.165) is 18.6 Å². The quantitative estimate of drug-likeness (QED) is 0.747. The highest BCUT2D eigenvalue weighted by Gasteiger charge is 2.22. The van der Waals surface area contributed by atoms with Gasteiger partial charge in [0, 0.05) is 26.2 Å². The van der Waals surface area contributed by atoms with Crippen molar-refractivity contribution in [3.63, 3.8) is 0 Å². The van der Waals surface area contributed by atoms with Crippen molar-refractivity contribution in [1.82, 2.24) is 10.6 Å². The molecule has 5 nitrogen and oxygen atoms in total. The van der Waals surface area contributed by atoms with Crippen LogP contribution in [0.4, 0.5) is 4.79 Å². The summed E-state index contributed by atoms with van der Waals surface area (Å²) in [6, 6.07) is 7.83. The van der Waals surface area contributed by atoms with Crippen LogP contribution in [-0.2, 0) is 11.2 Å². The maximum Gasteiger partial charge on any atom is 0.314 e. The van der Waals surface area contributed by atoms with Crippen LogP contribution in [0.1, 0.15) is 18.9 Å². The molecule has 0 radical (unpaired) electrons. The summed E-state index contributed by atoms with van der Waals surface area (Å²) in [6.07, 6.45) is 1.70. The number of amides is 2. The van der Waals surface area contributed by atoms with Crippen LogP contribution < -0.4 is 15.4 Å². The minimum absolute atomic E-state index is 0.0292. The van der Waals surface area contributed by atoms with Gasteiger partial charge in [-0.2, -0.15) is 0 Å². The minimum atomic E-state index is -0.152. The molecule has 0 aromatic heterocycles. The first kappa shape index (κ1) is 14.7. The van der Waals surface area contributed by atoms with Gasteiger partial charge < -0.3 is 20.1 Å². The number of benzene rings is 1. The first-order valence-electron chi connectivity index (χ1n) is 7.13. The van der Waals surface area contributed by atoms with Gasteiger partial charge in [0.2, 0.25) is 0 Å². The average molecular weight is 278 g/mol. The van der Waals surface area contributed by atoms with Crippen LogP contribution in [0.15, 0.2) is 24.3 Å². The number of carbonyl (C=O) groups excluding carboxylic acids is 1. The van der Waals surface area contributed by atoms with Crippen molar-refractivity contribution in [3.8, 4) is 5.75 Å². The molecule has 2 amide bonds. The summed E-state index contributed by atoms with van der Waals surface area (Å²) >= 11 is 0. The number of para-hydroxylation sites is 1. The van der Waals surface area contributed by atoms with Crippen LogP contribution in [0, 0.1) is 0 Å². The Bertz CT molecular complexity index is 412. The molecule has 0 saturated heterocycles. The molecule has 1 aliphatic rings. The molecule has 1 aliphatic heterocycles. The maximum atomic E-state index is 11.6. The van der Waals surface area contributed by atoms with Crippen molar-refractivity contribution >= 4 is 6.03 Å². The second-order valence-corrected chi connectivity index (χ2v) is 4.74. The summed E-state index contributed by atoms with van der Waals surface area (Å²) in [4.78, 5) is 11.6. The number of carbonyl (C=O) groups is 1. The summed E-state index contributed by atoms with van der Waals surface area (Å²) in [5.74, 6) is 0.927. The van der Waals surface area contributed by atoms with E-state index in [0.29, 0.717) is 26.3 Å². The molecule has 1 unspecified atom stereocenters. The number of hydrogen-bond acceptors (Lipinski definition) is 3. The molecule has 0 aliphatic carbocycles. The van der Waals surface area contributed by atoms with Crippen LogP contribution in [-0.4, -0.2) is 38.4 Å². The van der Waals surface area contributed by atoms with Gasteiger partial charge in [-0.3, -0.25) is 0 Å². The van der Waals surface area contributed by atoms with E-state index in [1.165, 1.54) is 5.56 Å². The Morgan fingerprint density at radius 2 is 2.25 bits per heavy atom. The zero-order chi connectivity index (χ0) is 14.2. The molecule has 5 heteroatoms. The Balaban J connectivity index is 1.59. The topological polar surface area (TPSA) is 59.6 Å². The predicted octanol–water partition coefficient (Wildman–Crippen LogP) is 1.72. The zero-order valence-electron chi connectivity index (χ0n) is 11.9. The Morgan fingerprint density at radius 3 is 3.05 bits per heavy atom. The number of hydrogen-bond donors (Lipinski definition) is 2. The molecular formula is C15H22N2O3. The van der Waals surface area contributed by atoms with Crippen LogP contribution in [0.3, 0.4) is 0 Å². The number of nitrogens with one attached hydrogen (secondary N) is 2. The molecule has 2 N–H and O–H groups in total. The number of ether oxygens (including phenoxy) is 2. The lowest BCUT2D eigenvalue weighted by atomic mass is 10.1. The normalized spacial score (nSPS) is 16.4. The Hall–Kier alpha value is -1.75. The number of rotatable bonds is 7. The Labute approximate surface area is 119 Å². The largest absolute Gasteiger partial charge is 0.488 e. The van der Waals surface area contributed by atoms with E-state index in [1.807, 2.05) is 25.1 Å². The van der Waals surface area contributed by atoms with E-state index in [9.17, 15) is 4.79 Å². The van der Waals surface area contributed by atoms with Crippen molar-refractivity contribution in [2.75, 3.05) is 26.3 Å². The van der Waals surface area contributed by atoms with Gasteiger partial charge in [0.05, 0.1) is 6.54 Å². The molecule has 1 aromatic carbocycles. The van der Waals surface area contributed by atoms with Gasteiger partial charge in [0.15, 0.2) is 0 Å². The van der Waals surface area contributed by atoms with Gasteiger partial charge >= 0.3 is 6.03 Å². The van der Waals surface area contributed by atoms with E-state index in [2.05, 4.69) is 16.7 Å². The van der Waals surface area contributed by atoms with Gasteiger partial charge in [-0.25, -0.2) is 4.79 Å². The van der Waals surface area contributed by atoms with Gasteiger partial charge in [0.1, 0.15) is 11.9 Å². The fraction of sp³-hybridized carbons (Fsp3) is 0.533. The monoisotopic (exact) mass is 278 g/mol.